The van der Waals surface area contributed by atoms with Crippen molar-refractivity contribution in [2.24, 2.45) is 0 Å². The van der Waals surface area contributed by atoms with Crippen molar-refractivity contribution in [2.45, 2.75) is 13.8 Å². The van der Waals surface area contributed by atoms with E-state index in [2.05, 4.69) is 5.32 Å². The van der Waals surface area contributed by atoms with Crippen molar-refractivity contribution in [3.05, 3.63) is 47.0 Å². The van der Waals surface area contributed by atoms with E-state index in [9.17, 15) is 9.59 Å². The molecular formula is C19H19ClN2O4. The third-order valence-corrected chi connectivity index (χ3v) is 4.19. The average Bonchev–Trinajstić information content (AvgIpc) is 2.60. The maximum Gasteiger partial charge on any atom is 0.244 e. The third kappa shape index (κ3) is 4.08. The molecule has 1 N–H and O–H groups in total. The third-order valence-electron chi connectivity index (χ3n) is 3.96. The zero-order valence-electron chi connectivity index (χ0n) is 14.5. The summed E-state index contributed by atoms with van der Waals surface area (Å²) in [6, 6.07) is 10.4. The molecule has 0 aliphatic carbocycles. The number of hydrogen-bond donors (Lipinski definition) is 1. The van der Waals surface area contributed by atoms with Gasteiger partial charge in [-0.05, 0) is 42.8 Å². The van der Waals surface area contributed by atoms with Gasteiger partial charge in [-0.3, -0.25) is 9.59 Å². The molecule has 0 bridgehead atoms. The molecule has 6 nitrogen and oxygen atoms in total. The minimum atomic E-state index is -0.314. The van der Waals surface area contributed by atoms with Crippen LogP contribution in [0.15, 0.2) is 36.4 Å². The largest absolute Gasteiger partial charge is 0.486 e. The molecule has 136 valence electrons. The van der Waals surface area contributed by atoms with E-state index in [-0.39, 0.29) is 18.4 Å². The maximum atomic E-state index is 12.4. The van der Waals surface area contributed by atoms with Crippen molar-refractivity contribution in [1.82, 2.24) is 0 Å². The number of carbonyl (C=O) groups excluding carboxylic acids is 2. The van der Waals surface area contributed by atoms with E-state index in [0.717, 1.165) is 5.56 Å². The molecule has 0 radical (unpaired) electrons. The average molecular weight is 375 g/mol. The zero-order chi connectivity index (χ0) is 18.7. The molecule has 7 heteroatoms. The van der Waals surface area contributed by atoms with Crippen molar-refractivity contribution >= 4 is 34.8 Å². The zero-order valence-corrected chi connectivity index (χ0v) is 15.3. The van der Waals surface area contributed by atoms with Crippen LogP contribution < -0.4 is 19.7 Å². The summed E-state index contributed by atoms with van der Waals surface area (Å²) in [5, 5.41) is 3.36. The molecule has 0 saturated carbocycles. The first-order valence-electron chi connectivity index (χ1n) is 8.18. The van der Waals surface area contributed by atoms with Crippen molar-refractivity contribution in [2.75, 3.05) is 30.0 Å². The molecule has 26 heavy (non-hydrogen) atoms. The van der Waals surface area contributed by atoms with Crippen LogP contribution in [0.5, 0.6) is 11.5 Å². The van der Waals surface area contributed by atoms with Crippen LogP contribution in [-0.2, 0) is 9.59 Å². The van der Waals surface area contributed by atoms with Crippen molar-refractivity contribution < 1.29 is 19.1 Å². The van der Waals surface area contributed by atoms with Gasteiger partial charge in [0.15, 0.2) is 11.5 Å². The number of benzene rings is 2. The van der Waals surface area contributed by atoms with Crippen LogP contribution >= 0.6 is 11.6 Å². The van der Waals surface area contributed by atoms with Gasteiger partial charge in [-0.25, -0.2) is 0 Å². The Hall–Kier alpha value is -2.73. The standard InChI is InChI=1S/C19H19ClN2O4/c1-12-9-14(20)3-5-16(12)22(13(2)23)11-19(24)21-15-4-6-17-18(10-15)26-8-7-25-17/h3-6,9-10H,7-8,11H2,1-2H3,(H,21,24). The quantitative estimate of drug-likeness (QED) is 0.890. The molecule has 1 aliphatic heterocycles. The molecule has 2 amide bonds. The number of halogens is 1. The Balaban J connectivity index is 1.73. The summed E-state index contributed by atoms with van der Waals surface area (Å²) in [4.78, 5) is 25.9. The molecule has 2 aromatic rings. The summed E-state index contributed by atoms with van der Waals surface area (Å²) in [5.74, 6) is 0.696. The van der Waals surface area contributed by atoms with Crippen LogP contribution in [0.2, 0.25) is 5.02 Å². The highest BCUT2D eigenvalue weighted by atomic mass is 35.5. The number of carbonyl (C=O) groups is 2. The Labute approximate surface area is 156 Å². The van der Waals surface area contributed by atoms with Crippen LogP contribution in [0.3, 0.4) is 0 Å². The minimum Gasteiger partial charge on any atom is -0.486 e. The lowest BCUT2D eigenvalue weighted by Crippen LogP contribution is -2.37. The highest BCUT2D eigenvalue weighted by molar-refractivity contribution is 6.30. The Morgan fingerprint density at radius 1 is 1.12 bits per heavy atom. The van der Waals surface area contributed by atoms with Gasteiger partial charge in [0.2, 0.25) is 11.8 Å². The number of rotatable bonds is 4. The molecule has 0 fully saturated rings. The second-order valence-electron chi connectivity index (χ2n) is 5.94. The van der Waals surface area contributed by atoms with Crippen LogP contribution in [0.1, 0.15) is 12.5 Å². The van der Waals surface area contributed by atoms with Crippen LogP contribution in [0, 0.1) is 6.92 Å². The molecule has 0 saturated heterocycles. The molecular weight excluding hydrogens is 356 g/mol. The molecule has 1 aliphatic rings. The Morgan fingerprint density at radius 3 is 2.54 bits per heavy atom. The predicted molar refractivity (Wildman–Crippen MR) is 100 cm³/mol. The van der Waals surface area contributed by atoms with Gasteiger partial charge < -0.3 is 19.7 Å². The first kappa shape index (κ1) is 18.1. The summed E-state index contributed by atoms with van der Waals surface area (Å²) in [7, 11) is 0. The van der Waals surface area contributed by atoms with E-state index in [1.54, 1.807) is 36.4 Å². The monoisotopic (exact) mass is 374 g/mol. The number of fused-ring (bicyclic) bond motifs is 1. The fraction of sp³-hybridized carbons (Fsp3) is 0.263. The Kier molecular flexibility index (Phi) is 5.32. The van der Waals surface area contributed by atoms with Gasteiger partial charge in [-0.15, -0.1) is 0 Å². The number of ether oxygens (including phenoxy) is 2. The lowest BCUT2D eigenvalue weighted by molar-refractivity contribution is -0.120. The summed E-state index contributed by atoms with van der Waals surface area (Å²) in [6.07, 6.45) is 0. The lowest BCUT2D eigenvalue weighted by Gasteiger charge is -2.23. The van der Waals surface area contributed by atoms with Gasteiger partial charge >= 0.3 is 0 Å². The van der Waals surface area contributed by atoms with E-state index < -0.39 is 0 Å². The van der Waals surface area contributed by atoms with E-state index in [0.29, 0.717) is 41.1 Å². The van der Waals surface area contributed by atoms with Gasteiger partial charge in [0.1, 0.15) is 19.8 Å². The van der Waals surface area contributed by atoms with Crippen LogP contribution in [-0.4, -0.2) is 31.6 Å². The molecule has 0 atom stereocenters. The van der Waals surface area contributed by atoms with E-state index >= 15 is 0 Å². The second-order valence-corrected chi connectivity index (χ2v) is 6.38. The number of aryl methyl sites for hydroxylation is 1. The predicted octanol–water partition coefficient (Wildman–Crippen LogP) is 3.41. The molecule has 0 unspecified atom stereocenters. The molecule has 0 aromatic heterocycles. The number of hydrogen-bond acceptors (Lipinski definition) is 4. The lowest BCUT2D eigenvalue weighted by atomic mass is 10.1. The van der Waals surface area contributed by atoms with Crippen molar-refractivity contribution in [1.29, 1.82) is 0 Å². The second kappa shape index (κ2) is 7.66. The van der Waals surface area contributed by atoms with Crippen molar-refractivity contribution in [3.8, 4) is 11.5 Å². The van der Waals surface area contributed by atoms with E-state index in [1.807, 2.05) is 6.92 Å². The fourth-order valence-corrected chi connectivity index (χ4v) is 2.98. The Morgan fingerprint density at radius 2 is 1.85 bits per heavy atom. The Bertz CT molecular complexity index is 853. The summed E-state index contributed by atoms with van der Waals surface area (Å²) in [5.41, 5.74) is 2.05. The summed E-state index contributed by atoms with van der Waals surface area (Å²) >= 11 is 5.97. The van der Waals surface area contributed by atoms with Gasteiger partial charge in [0.25, 0.3) is 0 Å². The number of anilines is 2. The summed E-state index contributed by atoms with van der Waals surface area (Å²) in [6.45, 7) is 4.14. The number of nitrogens with one attached hydrogen (secondary N) is 1. The van der Waals surface area contributed by atoms with E-state index in [1.165, 1.54) is 11.8 Å². The first-order chi connectivity index (χ1) is 12.4. The molecule has 2 aromatic carbocycles. The summed E-state index contributed by atoms with van der Waals surface area (Å²) < 4.78 is 11.0. The van der Waals surface area contributed by atoms with Gasteiger partial charge in [0.05, 0.1) is 0 Å². The fourth-order valence-electron chi connectivity index (χ4n) is 2.75. The van der Waals surface area contributed by atoms with Gasteiger partial charge in [-0.1, -0.05) is 11.6 Å². The highest BCUT2D eigenvalue weighted by Crippen LogP contribution is 2.32. The minimum absolute atomic E-state index is 0.105. The van der Waals surface area contributed by atoms with Gasteiger partial charge in [0, 0.05) is 29.4 Å². The molecule has 3 rings (SSSR count). The van der Waals surface area contributed by atoms with Crippen molar-refractivity contribution in [3.63, 3.8) is 0 Å². The number of nitrogens with zero attached hydrogens (tertiary/aromatic N) is 1. The topological polar surface area (TPSA) is 67.9 Å². The van der Waals surface area contributed by atoms with E-state index in [4.69, 9.17) is 21.1 Å². The number of amides is 2. The first-order valence-corrected chi connectivity index (χ1v) is 8.55. The van der Waals surface area contributed by atoms with Crippen LogP contribution in [0.25, 0.3) is 0 Å². The smallest absolute Gasteiger partial charge is 0.244 e. The molecule has 1 heterocycles. The molecule has 0 spiro atoms. The normalized spacial score (nSPS) is 12.4. The van der Waals surface area contributed by atoms with Gasteiger partial charge in [-0.2, -0.15) is 0 Å². The van der Waals surface area contributed by atoms with Crippen LogP contribution in [0.4, 0.5) is 11.4 Å². The maximum absolute atomic E-state index is 12.4. The highest BCUT2D eigenvalue weighted by Gasteiger charge is 2.19. The SMILES string of the molecule is CC(=O)N(CC(=O)Nc1ccc2c(c1)OCCO2)c1ccc(Cl)cc1C.